The minimum Gasteiger partial charge on any atom is -0.454 e. The van der Waals surface area contributed by atoms with E-state index in [2.05, 4.69) is 38.2 Å². The molecule has 0 aromatic carbocycles. The van der Waals surface area contributed by atoms with Crippen LogP contribution in [0.2, 0.25) is 0 Å². The van der Waals surface area contributed by atoms with Crippen molar-refractivity contribution in [3.8, 4) is 0 Å². The Morgan fingerprint density at radius 1 is 0.551 bits per heavy atom. The molecule has 69 heavy (non-hydrogen) atoms. The molecule has 406 valence electrons. The van der Waals surface area contributed by atoms with Crippen LogP contribution >= 0.6 is 0 Å². The number of hydrogen-bond acceptors (Lipinski definition) is 10. The van der Waals surface area contributed by atoms with E-state index in [1.807, 2.05) is 6.08 Å². The predicted octanol–water partition coefficient (Wildman–Crippen LogP) is 12.9. The van der Waals surface area contributed by atoms with Gasteiger partial charge in [0.1, 0.15) is 24.4 Å². The molecule has 0 spiro atoms. The molecule has 1 aliphatic heterocycles. The Bertz CT molecular complexity index is 1220. The predicted molar refractivity (Wildman–Crippen MR) is 283 cm³/mol. The van der Waals surface area contributed by atoms with Crippen molar-refractivity contribution in [1.82, 2.24) is 5.32 Å². The number of aliphatic hydroxyl groups excluding tert-OH is 5. The largest absolute Gasteiger partial charge is 0.454 e. The third kappa shape index (κ3) is 35.8. The molecule has 11 heteroatoms. The minimum absolute atomic E-state index is 0.122. The maximum absolute atomic E-state index is 13.4. The van der Waals surface area contributed by atoms with E-state index < -0.39 is 67.4 Å². The molecule has 1 fully saturated rings. The number of carbonyl (C=O) groups excluding carboxylic acids is 2. The van der Waals surface area contributed by atoms with E-state index in [1.165, 1.54) is 154 Å². The third-order valence-corrected chi connectivity index (χ3v) is 13.9. The number of unbranched alkanes of at least 4 members (excludes halogenated alkanes) is 33. The fourth-order valence-corrected chi connectivity index (χ4v) is 9.18. The fraction of sp³-hybridized carbons (Fsp3) is 0.897. The van der Waals surface area contributed by atoms with Crippen molar-refractivity contribution in [3.63, 3.8) is 0 Å². The molecule has 0 aromatic heterocycles. The van der Waals surface area contributed by atoms with Gasteiger partial charge in [-0.15, -0.1) is 0 Å². The van der Waals surface area contributed by atoms with Gasteiger partial charge in [-0.2, -0.15) is 0 Å². The van der Waals surface area contributed by atoms with Crippen molar-refractivity contribution < 1.29 is 49.3 Å². The molecule has 1 aliphatic rings. The molecule has 1 heterocycles. The highest BCUT2D eigenvalue weighted by molar-refractivity contribution is 5.80. The van der Waals surface area contributed by atoms with Crippen LogP contribution in [0.4, 0.5) is 0 Å². The standard InChI is InChI=1S/C58H109NO10/c1-4-7-10-13-16-19-22-25-26-28-31-34-37-40-43-46-53(63)69-56-55(65)54(64)52(47-60)68-58(56)67-48-49(50(61)44-41-38-35-32-30-27-23-20-17-14-11-8-5-2)59-57(66)51(62)45-42-39-36-33-29-24-21-18-15-12-9-6-3/h19,22,41,44,49-52,54-56,58,60-62,64-65H,4-18,20-21,23-40,42-43,45-48H2,1-3H3,(H,59,66)/b22-19-,44-41+. The molecule has 0 saturated carbocycles. The molecule has 0 aromatic rings. The third-order valence-electron chi connectivity index (χ3n) is 13.9. The summed E-state index contributed by atoms with van der Waals surface area (Å²) in [5, 5.41) is 56.8. The first-order valence-electron chi connectivity index (χ1n) is 29.1. The highest BCUT2D eigenvalue weighted by atomic mass is 16.7. The molecule has 8 unspecified atom stereocenters. The van der Waals surface area contributed by atoms with Crippen LogP contribution in [-0.2, 0) is 23.8 Å². The summed E-state index contributed by atoms with van der Waals surface area (Å²) in [4.78, 5) is 26.4. The fourth-order valence-electron chi connectivity index (χ4n) is 9.18. The molecule has 0 radical (unpaired) electrons. The van der Waals surface area contributed by atoms with Crippen LogP contribution in [0.25, 0.3) is 0 Å². The van der Waals surface area contributed by atoms with E-state index in [1.54, 1.807) is 6.08 Å². The van der Waals surface area contributed by atoms with Gasteiger partial charge in [-0.05, 0) is 51.4 Å². The second-order valence-corrected chi connectivity index (χ2v) is 20.4. The van der Waals surface area contributed by atoms with Crippen molar-refractivity contribution in [2.24, 2.45) is 0 Å². The summed E-state index contributed by atoms with van der Waals surface area (Å²) in [5.74, 6) is -1.19. The van der Waals surface area contributed by atoms with Crippen molar-refractivity contribution >= 4 is 11.9 Å². The number of amides is 1. The molecule has 6 N–H and O–H groups in total. The molecule has 8 atom stereocenters. The average Bonchev–Trinajstić information content (AvgIpc) is 3.34. The van der Waals surface area contributed by atoms with E-state index in [0.717, 1.165) is 70.6 Å². The van der Waals surface area contributed by atoms with Crippen molar-refractivity contribution in [1.29, 1.82) is 0 Å². The number of allylic oxidation sites excluding steroid dienone is 3. The zero-order chi connectivity index (χ0) is 50.4. The van der Waals surface area contributed by atoms with Gasteiger partial charge in [0.05, 0.1) is 25.4 Å². The number of aliphatic hydroxyl groups is 5. The Hall–Kier alpha value is -1.86. The van der Waals surface area contributed by atoms with Crippen LogP contribution in [0.15, 0.2) is 24.3 Å². The van der Waals surface area contributed by atoms with Gasteiger partial charge < -0.3 is 45.1 Å². The second-order valence-electron chi connectivity index (χ2n) is 20.4. The van der Waals surface area contributed by atoms with Gasteiger partial charge in [-0.1, -0.05) is 238 Å². The summed E-state index contributed by atoms with van der Waals surface area (Å²) < 4.78 is 17.6. The first kappa shape index (κ1) is 65.2. The van der Waals surface area contributed by atoms with Crippen LogP contribution in [0, 0.1) is 0 Å². The topological polar surface area (TPSA) is 175 Å². The van der Waals surface area contributed by atoms with E-state index in [4.69, 9.17) is 14.2 Å². The number of rotatable bonds is 49. The van der Waals surface area contributed by atoms with Gasteiger partial charge in [-0.3, -0.25) is 9.59 Å². The molecule has 11 nitrogen and oxygen atoms in total. The zero-order valence-corrected chi connectivity index (χ0v) is 44.7. The Morgan fingerprint density at radius 3 is 1.42 bits per heavy atom. The molecular weight excluding hydrogens is 871 g/mol. The summed E-state index contributed by atoms with van der Waals surface area (Å²) in [7, 11) is 0. The lowest BCUT2D eigenvalue weighted by molar-refractivity contribution is -0.305. The van der Waals surface area contributed by atoms with E-state index >= 15 is 0 Å². The number of esters is 1. The van der Waals surface area contributed by atoms with Crippen molar-refractivity contribution in [2.75, 3.05) is 13.2 Å². The molecule has 0 bridgehead atoms. The number of hydrogen-bond donors (Lipinski definition) is 6. The Balaban J connectivity index is 2.73. The summed E-state index contributed by atoms with van der Waals surface area (Å²) in [6, 6.07) is -1.02. The SMILES string of the molecule is CCCCCC/C=C\CCCCCCCCCC(=O)OC1C(OCC(NC(=O)C(O)CCCCCCCCCCCCCC)C(O)/C=C/CCCCCCCCCCCCC)OC(CO)C(O)C1O. The quantitative estimate of drug-likeness (QED) is 0.0196. The lowest BCUT2D eigenvalue weighted by Gasteiger charge is -2.41. The highest BCUT2D eigenvalue weighted by Crippen LogP contribution is 2.26. The summed E-state index contributed by atoms with van der Waals surface area (Å²) in [5.41, 5.74) is 0. The van der Waals surface area contributed by atoms with Crippen LogP contribution < -0.4 is 5.32 Å². The van der Waals surface area contributed by atoms with Gasteiger partial charge in [-0.25, -0.2) is 0 Å². The van der Waals surface area contributed by atoms with Crippen LogP contribution in [0.1, 0.15) is 271 Å². The molecular formula is C58H109NO10. The number of ether oxygens (including phenoxy) is 3. The summed E-state index contributed by atoms with van der Waals surface area (Å²) in [6.07, 6.45) is 42.1. The maximum atomic E-state index is 13.4. The Kier molecular flexibility index (Phi) is 44.5. The second kappa shape index (κ2) is 47.2. The van der Waals surface area contributed by atoms with E-state index in [0.29, 0.717) is 19.3 Å². The van der Waals surface area contributed by atoms with Gasteiger partial charge in [0, 0.05) is 6.42 Å². The van der Waals surface area contributed by atoms with Gasteiger partial charge in [0.25, 0.3) is 0 Å². The smallest absolute Gasteiger partial charge is 0.306 e. The van der Waals surface area contributed by atoms with Crippen LogP contribution in [-0.4, -0.2) is 99.6 Å². The minimum atomic E-state index is -1.61. The van der Waals surface area contributed by atoms with Gasteiger partial charge >= 0.3 is 5.97 Å². The van der Waals surface area contributed by atoms with Gasteiger partial charge in [0.2, 0.25) is 5.91 Å². The Labute approximate surface area is 422 Å². The normalized spacial score (nSPS) is 19.9. The van der Waals surface area contributed by atoms with E-state index in [9.17, 15) is 35.1 Å². The van der Waals surface area contributed by atoms with Crippen LogP contribution in [0.3, 0.4) is 0 Å². The lowest BCUT2D eigenvalue weighted by atomic mass is 9.99. The molecule has 1 rings (SSSR count). The average molecular weight is 981 g/mol. The first-order chi connectivity index (χ1) is 33.7. The Morgan fingerprint density at radius 2 is 0.957 bits per heavy atom. The highest BCUT2D eigenvalue weighted by Gasteiger charge is 2.47. The number of carbonyl (C=O) groups is 2. The number of nitrogens with one attached hydrogen (secondary N) is 1. The summed E-state index contributed by atoms with van der Waals surface area (Å²) >= 11 is 0. The lowest BCUT2D eigenvalue weighted by Crippen LogP contribution is -2.61. The molecule has 0 aliphatic carbocycles. The summed E-state index contributed by atoms with van der Waals surface area (Å²) in [6.45, 7) is 5.77. The zero-order valence-electron chi connectivity index (χ0n) is 44.7. The van der Waals surface area contributed by atoms with Crippen LogP contribution in [0.5, 0.6) is 0 Å². The van der Waals surface area contributed by atoms with Gasteiger partial charge in [0.15, 0.2) is 12.4 Å². The maximum Gasteiger partial charge on any atom is 0.306 e. The molecule has 1 saturated heterocycles. The van der Waals surface area contributed by atoms with Crippen molar-refractivity contribution in [2.45, 2.75) is 320 Å². The molecule has 1 amide bonds. The van der Waals surface area contributed by atoms with Crippen molar-refractivity contribution in [3.05, 3.63) is 24.3 Å². The monoisotopic (exact) mass is 980 g/mol. The van der Waals surface area contributed by atoms with E-state index in [-0.39, 0.29) is 13.0 Å². The first-order valence-corrected chi connectivity index (χ1v) is 29.1.